The van der Waals surface area contributed by atoms with Gasteiger partial charge in [-0.1, -0.05) is 12.1 Å². The monoisotopic (exact) mass is 370 g/mol. The van der Waals surface area contributed by atoms with Gasteiger partial charge in [0.2, 0.25) is 0 Å². The Morgan fingerprint density at radius 1 is 1.13 bits per heavy atom. The smallest absolute Gasteiger partial charge is 0.274 e. The van der Waals surface area contributed by atoms with Crippen molar-refractivity contribution >= 4 is 38.4 Å². The van der Waals surface area contributed by atoms with Crippen molar-refractivity contribution in [3.8, 4) is 5.75 Å². The molecule has 0 spiro atoms. The summed E-state index contributed by atoms with van der Waals surface area (Å²) in [5.41, 5.74) is 2.96. The molecule has 0 aliphatic carbocycles. The Labute approximate surface area is 142 Å². The quantitative estimate of drug-likeness (QED) is 0.734. The average molecular weight is 371 g/mol. The fourth-order valence-electron chi connectivity index (χ4n) is 2.26. The summed E-state index contributed by atoms with van der Waals surface area (Å²) < 4.78 is 6.03. The highest BCUT2D eigenvalue weighted by molar-refractivity contribution is 9.10. The molecule has 3 aromatic rings. The zero-order chi connectivity index (χ0) is 16.4. The minimum atomic E-state index is -0.243. The molecule has 3 rings (SSSR count). The van der Waals surface area contributed by atoms with Crippen LogP contribution in [0.25, 0.3) is 10.9 Å². The number of carbonyl (C=O) groups is 1. The van der Waals surface area contributed by atoms with Crippen LogP contribution in [0.5, 0.6) is 5.75 Å². The van der Waals surface area contributed by atoms with Gasteiger partial charge in [0, 0.05) is 9.86 Å². The van der Waals surface area contributed by atoms with Gasteiger partial charge in [-0.05, 0) is 64.8 Å². The number of methoxy groups -OCH3 is 1. The molecule has 0 saturated heterocycles. The lowest BCUT2D eigenvalue weighted by Gasteiger charge is -2.08. The number of anilines is 1. The Balaban J connectivity index is 1.88. The number of halogens is 1. The van der Waals surface area contributed by atoms with Crippen molar-refractivity contribution in [1.82, 2.24) is 4.98 Å². The van der Waals surface area contributed by atoms with Crippen LogP contribution in [0, 0.1) is 6.92 Å². The molecule has 23 heavy (non-hydrogen) atoms. The molecule has 0 saturated carbocycles. The third-order valence-corrected chi connectivity index (χ3v) is 4.16. The van der Waals surface area contributed by atoms with Gasteiger partial charge in [0.25, 0.3) is 5.91 Å². The number of nitrogens with zero attached hydrogens (tertiary/aromatic N) is 1. The standard InChI is InChI=1S/C18H15BrN2O2/c1-11-3-6-16(14(19)9-11)21-18(22)17-7-4-12-10-13(23-2)5-8-15(12)20-17/h3-10H,1-2H3,(H,21,22). The van der Waals surface area contributed by atoms with E-state index in [1.165, 1.54) is 0 Å². The zero-order valence-electron chi connectivity index (χ0n) is 12.8. The minimum Gasteiger partial charge on any atom is -0.497 e. The Hall–Kier alpha value is -2.40. The van der Waals surface area contributed by atoms with E-state index >= 15 is 0 Å². The second kappa shape index (κ2) is 6.38. The first-order valence-corrected chi connectivity index (χ1v) is 7.88. The van der Waals surface area contributed by atoms with Gasteiger partial charge >= 0.3 is 0 Å². The van der Waals surface area contributed by atoms with Gasteiger partial charge in [0.1, 0.15) is 11.4 Å². The lowest BCUT2D eigenvalue weighted by Crippen LogP contribution is -2.14. The number of aromatic nitrogens is 1. The normalized spacial score (nSPS) is 10.6. The highest BCUT2D eigenvalue weighted by Crippen LogP contribution is 2.24. The molecule has 2 aromatic carbocycles. The van der Waals surface area contributed by atoms with E-state index in [0.717, 1.165) is 32.4 Å². The van der Waals surface area contributed by atoms with Crippen LogP contribution >= 0.6 is 15.9 Å². The maximum absolute atomic E-state index is 12.4. The van der Waals surface area contributed by atoms with Crippen molar-refractivity contribution in [1.29, 1.82) is 0 Å². The molecule has 1 amide bonds. The lowest BCUT2D eigenvalue weighted by atomic mass is 10.2. The average Bonchev–Trinajstić information content (AvgIpc) is 2.56. The highest BCUT2D eigenvalue weighted by Gasteiger charge is 2.11. The molecule has 0 bridgehead atoms. The Kier molecular flexibility index (Phi) is 4.30. The Bertz CT molecular complexity index is 893. The van der Waals surface area contributed by atoms with E-state index in [1.54, 1.807) is 13.2 Å². The molecule has 0 unspecified atom stereocenters. The number of hydrogen-bond acceptors (Lipinski definition) is 3. The summed E-state index contributed by atoms with van der Waals surface area (Å²) in [6.45, 7) is 2.00. The topological polar surface area (TPSA) is 51.2 Å². The van der Waals surface area contributed by atoms with Crippen LogP contribution in [0.1, 0.15) is 16.1 Å². The van der Waals surface area contributed by atoms with Crippen LogP contribution in [0.3, 0.4) is 0 Å². The van der Waals surface area contributed by atoms with Crippen molar-refractivity contribution in [2.75, 3.05) is 12.4 Å². The predicted octanol–water partition coefficient (Wildman–Crippen LogP) is 4.57. The number of aryl methyl sites for hydroxylation is 1. The van der Waals surface area contributed by atoms with E-state index in [-0.39, 0.29) is 5.91 Å². The second-order valence-electron chi connectivity index (χ2n) is 5.19. The van der Waals surface area contributed by atoms with Crippen molar-refractivity contribution in [3.05, 3.63) is 64.3 Å². The number of benzene rings is 2. The van der Waals surface area contributed by atoms with Crippen molar-refractivity contribution in [3.63, 3.8) is 0 Å². The number of pyridine rings is 1. The third kappa shape index (κ3) is 3.35. The van der Waals surface area contributed by atoms with Gasteiger partial charge in [-0.15, -0.1) is 0 Å². The van der Waals surface area contributed by atoms with Crippen molar-refractivity contribution < 1.29 is 9.53 Å². The molecule has 1 aromatic heterocycles. The number of ether oxygens (including phenoxy) is 1. The van der Waals surface area contributed by atoms with Gasteiger partial charge < -0.3 is 10.1 Å². The molecule has 0 aliphatic rings. The van der Waals surface area contributed by atoms with Crippen LogP contribution in [-0.4, -0.2) is 18.0 Å². The molecule has 1 heterocycles. The lowest BCUT2D eigenvalue weighted by molar-refractivity contribution is 0.102. The third-order valence-electron chi connectivity index (χ3n) is 3.50. The number of fused-ring (bicyclic) bond motifs is 1. The summed E-state index contributed by atoms with van der Waals surface area (Å²) >= 11 is 3.45. The maximum Gasteiger partial charge on any atom is 0.274 e. The number of rotatable bonds is 3. The van der Waals surface area contributed by atoms with Crippen LogP contribution in [0.2, 0.25) is 0 Å². The SMILES string of the molecule is COc1ccc2nc(C(=O)Nc3ccc(C)cc3Br)ccc2c1. The summed E-state index contributed by atoms with van der Waals surface area (Å²) in [5.74, 6) is 0.521. The van der Waals surface area contributed by atoms with Crippen LogP contribution in [-0.2, 0) is 0 Å². The van der Waals surface area contributed by atoms with E-state index in [4.69, 9.17) is 4.74 Å². The molecule has 0 fully saturated rings. The van der Waals surface area contributed by atoms with E-state index in [0.29, 0.717) is 5.69 Å². The Morgan fingerprint density at radius 3 is 2.70 bits per heavy atom. The number of carbonyl (C=O) groups excluding carboxylic acids is 1. The van der Waals surface area contributed by atoms with Gasteiger partial charge in [0.15, 0.2) is 0 Å². The molecule has 1 N–H and O–H groups in total. The molecule has 0 aliphatic heterocycles. The molecular weight excluding hydrogens is 356 g/mol. The van der Waals surface area contributed by atoms with Crippen LogP contribution in [0.4, 0.5) is 5.69 Å². The van der Waals surface area contributed by atoms with Gasteiger partial charge in [-0.3, -0.25) is 4.79 Å². The highest BCUT2D eigenvalue weighted by atomic mass is 79.9. The van der Waals surface area contributed by atoms with Gasteiger partial charge in [-0.2, -0.15) is 0 Å². The van der Waals surface area contributed by atoms with Crippen molar-refractivity contribution in [2.45, 2.75) is 6.92 Å². The van der Waals surface area contributed by atoms with E-state index in [1.807, 2.05) is 49.4 Å². The molecule has 0 radical (unpaired) electrons. The predicted molar refractivity (Wildman–Crippen MR) is 95.1 cm³/mol. The van der Waals surface area contributed by atoms with Crippen LogP contribution in [0.15, 0.2) is 53.0 Å². The maximum atomic E-state index is 12.4. The molecule has 0 atom stereocenters. The van der Waals surface area contributed by atoms with Gasteiger partial charge in [-0.25, -0.2) is 4.98 Å². The summed E-state index contributed by atoms with van der Waals surface area (Å²) in [6.07, 6.45) is 0. The summed E-state index contributed by atoms with van der Waals surface area (Å²) in [5, 5.41) is 3.80. The van der Waals surface area contributed by atoms with E-state index in [9.17, 15) is 4.79 Å². The zero-order valence-corrected chi connectivity index (χ0v) is 14.3. The summed E-state index contributed by atoms with van der Waals surface area (Å²) in [6, 6.07) is 14.9. The largest absolute Gasteiger partial charge is 0.497 e. The fraction of sp³-hybridized carbons (Fsp3) is 0.111. The Morgan fingerprint density at radius 2 is 1.96 bits per heavy atom. The van der Waals surface area contributed by atoms with Crippen molar-refractivity contribution in [2.24, 2.45) is 0 Å². The molecular formula is C18H15BrN2O2. The fourth-order valence-corrected chi connectivity index (χ4v) is 2.86. The number of nitrogens with one attached hydrogen (secondary N) is 1. The molecule has 4 nitrogen and oxygen atoms in total. The molecule has 116 valence electrons. The number of amides is 1. The molecule has 5 heteroatoms. The first-order valence-electron chi connectivity index (χ1n) is 7.09. The van der Waals surface area contributed by atoms with E-state index in [2.05, 4.69) is 26.2 Å². The van der Waals surface area contributed by atoms with Gasteiger partial charge in [0.05, 0.1) is 18.3 Å². The first-order chi connectivity index (χ1) is 11.1. The summed E-state index contributed by atoms with van der Waals surface area (Å²) in [4.78, 5) is 16.8. The second-order valence-corrected chi connectivity index (χ2v) is 6.05. The minimum absolute atomic E-state index is 0.243. The van der Waals surface area contributed by atoms with E-state index < -0.39 is 0 Å². The number of hydrogen-bond donors (Lipinski definition) is 1. The first kappa shape index (κ1) is 15.5. The van der Waals surface area contributed by atoms with Crippen LogP contribution < -0.4 is 10.1 Å². The summed E-state index contributed by atoms with van der Waals surface area (Å²) in [7, 11) is 1.62.